The van der Waals surface area contributed by atoms with E-state index in [-0.39, 0.29) is 17.1 Å². The van der Waals surface area contributed by atoms with Gasteiger partial charge in [-0.3, -0.25) is 10.1 Å². The maximum atomic E-state index is 13.1. The third-order valence-corrected chi connectivity index (χ3v) is 4.68. The largest absolute Gasteiger partial charge is 0.465 e. The number of nitrogens with one attached hydrogen (secondary N) is 1. The van der Waals surface area contributed by atoms with Crippen LogP contribution in [0.25, 0.3) is 0 Å². The molecule has 7 nitrogen and oxygen atoms in total. The molecule has 2 aromatic rings. The molecule has 27 heavy (non-hydrogen) atoms. The Labute approximate surface area is 155 Å². The summed E-state index contributed by atoms with van der Waals surface area (Å²) in [6.45, 7) is 2.28. The molecule has 1 unspecified atom stereocenters. The zero-order chi connectivity index (χ0) is 19.4. The van der Waals surface area contributed by atoms with Crippen LogP contribution in [0.1, 0.15) is 16.8 Å². The first-order valence-electron chi connectivity index (χ1n) is 8.59. The summed E-state index contributed by atoms with van der Waals surface area (Å²) < 4.78 is 17.8. The molecule has 1 aliphatic rings. The number of nitrogens with zero attached hydrogens (tertiary/aromatic N) is 2. The minimum Gasteiger partial charge on any atom is -0.465 e. The average Bonchev–Trinajstić information content (AvgIpc) is 3.15. The van der Waals surface area contributed by atoms with Crippen molar-refractivity contribution < 1.29 is 18.8 Å². The summed E-state index contributed by atoms with van der Waals surface area (Å²) >= 11 is 0. The Morgan fingerprint density at radius 2 is 2.07 bits per heavy atom. The van der Waals surface area contributed by atoms with Gasteiger partial charge in [0.1, 0.15) is 5.82 Å². The summed E-state index contributed by atoms with van der Waals surface area (Å²) in [5.74, 6) is -0.555. The quantitative estimate of drug-likeness (QED) is 0.474. The zero-order valence-corrected chi connectivity index (χ0v) is 14.9. The molecule has 0 aliphatic carbocycles. The Balaban J connectivity index is 1.65. The smallest absolute Gasteiger partial charge is 0.340 e. The first kappa shape index (κ1) is 18.6. The molecular weight excluding hydrogens is 353 g/mol. The number of nitro groups is 1. The molecule has 0 aromatic heterocycles. The van der Waals surface area contributed by atoms with E-state index in [1.165, 1.54) is 37.4 Å². The second kappa shape index (κ2) is 8.03. The number of nitro benzene ring substituents is 1. The lowest BCUT2D eigenvalue weighted by Gasteiger charge is -2.19. The Kier molecular flexibility index (Phi) is 5.54. The summed E-state index contributed by atoms with van der Waals surface area (Å²) in [6, 6.07) is 10.5. The number of non-ortho nitro benzene ring substituents is 1. The van der Waals surface area contributed by atoms with Gasteiger partial charge in [0.15, 0.2) is 0 Å². The fraction of sp³-hybridized carbons (Fsp3) is 0.316. The van der Waals surface area contributed by atoms with Crippen molar-refractivity contribution in [1.82, 2.24) is 0 Å². The molecule has 1 fully saturated rings. The first-order chi connectivity index (χ1) is 13.0. The van der Waals surface area contributed by atoms with Gasteiger partial charge in [-0.05, 0) is 42.7 Å². The molecule has 1 saturated heterocycles. The molecule has 1 heterocycles. The van der Waals surface area contributed by atoms with E-state index in [0.717, 1.165) is 25.2 Å². The normalized spacial score (nSPS) is 16.2. The number of carbonyl (C=O) groups is 1. The Bertz CT molecular complexity index is 841. The van der Waals surface area contributed by atoms with Gasteiger partial charge >= 0.3 is 5.97 Å². The molecule has 3 rings (SSSR count). The molecular formula is C19H20FN3O4. The second-order valence-corrected chi connectivity index (χ2v) is 6.44. The third kappa shape index (κ3) is 4.33. The highest BCUT2D eigenvalue weighted by Gasteiger charge is 2.24. The highest BCUT2D eigenvalue weighted by atomic mass is 19.1. The maximum absolute atomic E-state index is 13.1. The van der Waals surface area contributed by atoms with E-state index in [2.05, 4.69) is 10.2 Å². The molecule has 0 saturated carbocycles. The summed E-state index contributed by atoms with van der Waals surface area (Å²) in [5.41, 5.74) is 1.46. The first-order valence-corrected chi connectivity index (χ1v) is 8.59. The van der Waals surface area contributed by atoms with E-state index in [4.69, 9.17) is 4.74 Å². The van der Waals surface area contributed by atoms with E-state index < -0.39 is 10.9 Å². The van der Waals surface area contributed by atoms with Gasteiger partial charge in [0.25, 0.3) is 5.69 Å². The van der Waals surface area contributed by atoms with Gasteiger partial charge in [0.2, 0.25) is 0 Å². The van der Waals surface area contributed by atoms with Crippen LogP contribution in [0.5, 0.6) is 0 Å². The molecule has 0 amide bonds. The number of ether oxygens (including phenoxy) is 1. The minimum absolute atomic E-state index is 0.139. The topological polar surface area (TPSA) is 84.7 Å². The van der Waals surface area contributed by atoms with Crippen LogP contribution in [-0.4, -0.2) is 37.6 Å². The van der Waals surface area contributed by atoms with Crippen molar-refractivity contribution in [3.63, 3.8) is 0 Å². The number of anilines is 2. The van der Waals surface area contributed by atoms with Crippen LogP contribution in [-0.2, 0) is 4.74 Å². The summed E-state index contributed by atoms with van der Waals surface area (Å²) in [6.07, 6.45) is 0.949. The predicted molar refractivity (Wildman–Crippen MR) is 99.6 cm³/mol. The van der Waals surface area contributed by atoms with Crippen LogP contribution in [0.4, 0.5) is 21.5 Å². The summed E-state index contributed by atoms with van der Waals surface area (Å²) in [4.78, 5) is 24.5. The highest BCUT2D eigenvalue weighted by Crippen LogP contribution is 2.26. The van der Waals surface area contributed by atoms with Crippen molar-refractivity contribution >= 4 is 23.0 Å². The van der Waals surface area contributed by atoms with E-state index in [9.17, 15) is 19.3 Å². The maximum Gasteiger partial charge on any atom is 0.340 e. The van der Waals surface area contributed by atoms with Gasteiger partial charge in [-0.2, -0.15) is 0 Å². The molecule has 8 heteroatoms. The van der Waals surface area contributed by atoms with Gasteiger partial charge in [-0.1, -0.05) is 0 Å². The van der Waals surface area contributed by atoms with E-state index in [1.807, 2.05) is 0 Å². The van der Waals surface area contributed by atoms with Crippen LogP contribution < -0.4 is 10.2 Å². The number of methoxy groups -OCH3 is 1. The van der Waals surface area contributed by atoms with E-state index in [1.54, 1.807) is 12.1 Å². The fourth-order valence-electron chi connectivity index (χ4n) is 3.22. The molecule has 0 bridgehead atoms. The standard InChI is InChI=1S/C19H20FN3O4/c1-27-19(24)17-10-16(23(25)26)6-7-18(17)21-11-13-8-9-22(12-13)15-4-2-14(20)3-5-15/h2-7,10,13,21H,8-9,11-12H2,1H3. The second-order valence-electron chi connectivity index (χ2n) is 6.44. The van der Waals surface area contributed by atoms with Crippen molar-refractivity contribution in [2.75, 3.05) is 37.0 Å². The Hall–Kier alpha value is -3.16. The van der Waals surface area contributed by atoms with Gasteiger partial charge < -0.3 is 15.0 Å². The van der Waals surface area contributed by atoms with Crippen LogP contribution in [0, 0.1) is 21.8 Å². The van der Waals surface area contributed by atoms with Crippen molar-refractivity contribution in [3.8, 4) is 0 Å². The Morgan fingerprint density at radius 1 is 1.33 bits per heavy atom. The van der Waals surface area contributed by atoms with Gasteiger partial charge in [-0.15, -0.1) is 0 Å². The van der Waals surface area contributed by atoms with Crippen LogP contribution in [0.15, 0.2) is 42.5 Å². The molecule has 2 aromatic carbocycles. The van der Waals surface area contributed by atoms with Crippen molar-refractivity contribution in [1.29, 1.82) is 0 Å². The SMILES string of the molecule is COC(=O)c1cc([N+](=O)[O-])ccc1NCC1CCN(c2ccc(F)cc2)C1. The minimum atomic E-state index is -0.624. The third-order valence-electron chi connectivity index (χ3n) is 4.68. The highest BCUT2D eigenvalue weighted by molar-refractivity contribution is 5.96. The molecule has 1 aliphatic heterocycles. The Morgan fingerprint density at radius 3 is 2.74 bits per heavy atom. The average molecular weight is 373 g/mol. The number of hydrogen-bond donors (Lipinski definition) is 1. The predicted octanol–water partition coefficient (Wildman–Crippen LogP) is 3.46. The van der Waals surface area contributed by atoms with Crippen molar-refractivity contribution in [2.45, 2.75) is 6.42 Å². The van der Waals surface area contributed by atoms with Crippen molar-refractivity contribution in [2.24, 2.45) is 5.92 Å². The molecule has 1 N–H and O–H groups in total. The molecule has 1 atom stereocenters. The van der Waals surface area contributed by atoms with E-state index >= 15 is 0 Å². The lowest BCUT2D eigenvalue weighted by molar-refractivity contribution is -0.384. The molecule has 0 radical (unpaired) electrons. The number of hydrogen-bond acceptors (Lipinski definition) is 6. The van der Waals surface area contributed by atoms with Gasteiger partial charge in [0, 0.05) is 43.1 Å². The monoisotopic (exact) mass is 373 g/mol. The summed E-state index contributed by atoms with van der Waals surface area (Å²) in [5, 5.41) is 14.1. The van der Waals surface area contributed by atoms with Gasteiger partial charge in [-0.25, -0.2) is 9.18 Å². The number of halogens is 1. The van der Waals surface area contributed by atoms with E-state index in [0.29, 0.717) is 18.2 Å². The molecule has 142 valence electrons. The van der Waals surface area contributed by atoms with Crippen molar-refractivity contribution in [3.05, 3.63) is 64.0 Å². The summed E-state index contributed by atoms with van der Waals surface area (Å²) in [7, 11) is 1.24. The fourth-order valence-corrected chi connectivity index (χ4v) is 3.22. The van der Waals surface area contributed by atoms with Gasteiger partial charge in [0.05, 0.1) is 17.6 Å². The lowest BCUT2D eigenvalue weighted by atomic mass is 10.1. The zero-order valence-electron chi connectivity index (χ0n) is 14.9. The number of esters is 1. The van der Waals surface area contributed by atoms with Crippen LogP contribution in [0.3, 0.4) is 0 Å². The number of benzene rings is 2. The number of carbonyl (C=O) groups excluding carboxylic acids is 1. The van der Waals surface area contributed by atoms with Crippen LogP contribution in [0.2, 0.25) is 0 Å². The lowest BCUT2D eigenvalue weighted by Crippen LogP contribution is -2.23. The molecule has 0 spiro atoms. The number of rotatable bonds is 6. The van der Waals surface area contributed by atoms with Crippen LogP contribution >= 0.6 is 0 Å².